The van der Waals surface area contributed by atoms with Crippen LogP contribution in [0.4, 0.5) is 5.82 Å². The van der Waals surface area contributed by atoms with Crippen molar-refractivity contribution in [1.82, 2.24) is 4.57 Å². The molecule has 0 bridgehead atoms. The molecule has 1 aromatic rings. The van der Waals surface area contributed by atoms with Gasteiger partial charge in [0.15, 0.2) is 0 Å². The van der Waals surface area contributed by atoms with Crippen molar-refractivity contribution < 1.29 is 0 Å². The van der Waals surface area contributed by atoms with Crippen molar-refractivity contribution in [2.45, 2.75) is 20.8 Å². The molecule has 0 atom stereocenters. The van der Waals surface area contributed by atoms with Gasteiger partial charge < -0.3 is 5.73 Å². The first kappa shape index (κ1) is 7.85. The van der Waals surface area contributed by atoms with Gasteiger partial charge in [0.1, 0.15) is 11.7 Å². The first-order chi connectivity index (χ1) is 5.04. The molecule has 1 rings (SSSR count). The molecule has 0 unspecified atom stereocenters. The molecular formula is C8H13N3. The number of hydrogen-bond acceptors (Lipinski definition) is 2. The van der Waals surface area contributed by atoms with E-state index in [4.69, 9.17) is 11.1 Å². The summed E-state index contributed by atoms with van der Waals surface area (Å²) in [5, 5.41) is 7.37. The van der Waals surface area contributed by atoms with Gasteiger partial charge in [0.2, 0.25) is 0 Å². The zero-order chi connectivity index (χ0) is 8.59. The monoisotopic (exact) mass is 151 g/mol. The first-order valence-corrected chi connectivity index (χ1v) is 3.53. The first-order valence-electron chi connectivity index (χ1n) is 3.53. The summed E-state index contributed by atoms with van der Waals surface area (Å²) in [6, 6.07) is 0. The maximum absolute atomic E-state index is 7.37. The summed E-state index contributed by atoms with van der Waals surface area (Å²) in [5.41, 5.74) is 7.93. The molecule has 11 heavy (non-hydrogen) atoms. The van der Waals surface area contributed by atoms with E-state index in [1.54, 1.807) is 11.5 Å². The summed E-state index contributed by atoms with van der Waals surface area (Å²) in [7, 11) is 0. The second kappa shape index (κ2) is 2.42. The lowest BCUT2D eigenvalue weighted by atomic mass is 10.2. The number of aryl methyl sites for hydroxylation is 1. The van der Waals surface area contributed by atoms with Crippen LogP contribution in [0.5, 0.6) is 0 Å². The van der Waals surface area contributed by atoms with Gasteiger partial charge in [0.05, 0.1) is 0 Å². The van der Waals surface area contributed by atoms with Crippen LogP contribution in [0.3, 0.4) is 0 Å². The highest BCUT2D eigenvalue weighted by molar-refractivity contribution is 5.83. The Kier molecular flexibility index (Phi) is 1.72. The van der Waals surface area contributed by atoms with Crippen molar-refractivity contribution in [1.29, 1.82) is 5.41 Å². The van der Waals surface area contributed by atoms with E-state index in [1.807, 2.05) is 20.0 Å². The highest BCUT2D eigenvalue weighted by Crippen LogP contribution is 2.16. The van der Waals surface area contributed by atoms with Gasteiger partial charge >= 0.3 is 0 Å². The average Bonchev–Trinajstić information content (AvgIpc) is 2.17. The third kappa shape index (κ3) is 1.13. The molecule has 0 fully saturated rings. The summed E-state index contributed by atoms with van der Waals surface area (Å²) >= 11 is 0. The quantitative estimate of drug-likeness (QED) is 0.429. The van der Waals surface area contributed by atoms with E-state index in [1.165, 1.54) is 0 Å². The molecule has 0 saturated carbocycles. The predicted molar refractivity (Wildman–Crippen MR) is 47.1 cm³/mol. The van der Waals surface area contributed by atoms with Crippen molar-refractivity contribution in [2.24, 2.45) is 0 Å². The third-order valence-electron chi connectivity index (χ3n) is 1.92. The second-order valence-electron chi connectivity index (χ2n) is 2.78. The molecule has 0 aliphatic heterocycles. The maximum Gasteiger partial charge on any atom is 0.112 e. The highest BCUT2D eigenvalue weighted by Gasteiger charge is 2.05. The standard InChI is InChI=1S/C8H13N3/c1-5-4-11(7(3)9)8(10)6(5)2/h4,9H,10H2,1-3H3. The van der Waals surface area contributed by atoms with Crippen LogP contribution in [0.15, 0.2) is 6.20 Å². The van der Waals surface area contributed by atoms with E-state index in [9.17, 15) is 0 Å². The van der Waals surface area contributed by atoms with Crippen LogP contribution in [0.2, 0.25) is 0 Å². The lowest BCUT2D eigenvalue weighted by molar-refractivity contribution is 1.12. The molecule has 0 saturated heterocycles. The van der Waals surface area contributed by atoms with Crippen molar-refractivity contribution in [3.05, 3.63) is 17.3 Å². The smallest absolute Gasteiger partial charge is 0.112 e. The normalized spacial score (nSPS) is 10.1. The van der Waals surface area contributed by atoms with Gasteiger partial charge in [-0.25, -0.2) is 0 Å². The number of hydrogen-bond donors (Lipinski definition) is 2. The van der Waals surface area contributed by atoms with Gasteiger partial charge in [-0.2, -0.15) is 0 Å². The molecule has 0 aliphatic carbocycles. The van der Waals surface area contributed by atoms with E-state index in [0.29, 0.717) is 11.7 Å². The van der Waals surface area contributed by atoms with Crippen LogP contribution in [0, 0.1) is 19.3 Å². The number of nitrogens with zero attached hydrogens (tertiary/aromatic N) is 1. The summed E-state index contributed by atoms with van der Waals surface area (Å²) in [5.74, 6) is 1.13. The van der Waals surface area contributed by atoms with Gasteiger partial charge in [-0.3, -0.25) is 9.98 Å². The highest BCUT2D eigenvalue weighted by atomic mass is 15.1. The molecule has 3 heteroatoms. The Morgan fingerprint density at radius 3 is 2.27 bits per heavy atom. The molecule has 1 aromatic heterocycles. The Morgan fingerprint density at radius 2 is 2.09 bits per heavy atom. The van der Waals surface area contributed by atoms with Crippen LogP contribution in [0.1, 0.15) is 18.1 Å². The summed E-state index contributed by atoms with van der Waals surface area (Å²) in [6.45, 7) is 5.67. The Hall–Kier alpha value is -1.25. The SMILES string of the molecule is CC(=N)n1cc(C)c(C)c1N. The number of rotatable bonds is 0. The zero-order valence-electron chi connectivity index (χ0n) is 7.10. The summed E-state index contributed by atoms with van der Waals surface area (Å²) in [4.78, 5) is 0. The van der Waals surface area contributed by atoms with Gasteiger partial charge in [0, 0.05) is 6.20 Å². The van der Waals surface area contributed by atoms with E-state index in [0.717, 1.165) is 11.1 Å². The molecule has 0 amide bonds. The minimum absolute atomic E-state index is 0.457. The number of nitrogens with one attached hydrogen (secondary N) is 1. The molecule has 0 aliphatic rings. The molecular weight excluding hydrogens is 138 g/mol. The Labute approximate surface area is 66.3 Å². The van der Waals surface area contributed by atoms with Crippen LogP contribution < -0.4 is 5.73 Å². The topological polar surface area (TPSA) is 54.8 Å². The largest absolute Gasteiger partial charge is 0.385 e. The molecule has 0 aromatic carbocycles. The van der Waals surface area contributed by atoms with E-state index in [-0.39, 0.29) is 0 Å². The Morgan fingerprint density at radius 1 is 1.55 bits per heavy atom. The maximum atomic E-state index is 7.37. The van der Waals surface area contributed by atoms with Gasteiger partial charge in [-0.05, 0) is 31.9 Å². The Bertz CT molecular complexity index is 297. The number of anilines is 1. The molecule has 1 heterocycles. The van der Waals surface area contributed by atoms with Gasteiger partial charge in [0.25, 0.3) is 0 Å². The molecule has 0 radical (unpaired) electrons. The van der Waals surface area contributed by atoms with Crippen molar-refractivity contribution in [3.8, 4) is 0 Å². The minimum atomic E-state index is 0.457. The zero-order valence-corrected chi connectivity index (χ0v) is 7.10. The van der Waals surface area contributed by atoms with Crippen LogP contribution in [0.25, 0.3) is 0 Å². The number of aromatic nitrogens is 1. The molecule has 3 N–H and O–H groups in total. The number of nitrogen functional groups attached to an aromatic ring is 1. The molecule has 3 nitrogen and oxygen atoms in total. The predicted octanol–water partition coefficient (Wildman–Crippen LogP) is 1.53. The molecule has 60 valence electrons. The lowest BCUT2D eigenvalue weighted by Crippen LogP contribution is -2.07. The second-order valence-corrected chi connectivity index (χ2v) is 2.78. The molecule has 0 spiro atoms. The van der Waals surface area contributed by atoms with Gasteiger partial charge in [-0.1, -0.05) is 0 Å². The fourth-order valence-electron chi connectivity index (χ4n) is 1.02. The van der Waals surface area contributed by atoms with Crippen LogP contribution >= 0.6 is 0 Å². The third-order valence-corrected chi connectivity index (χ3v) is 1.92. The van der Waals surface area contributed by atoms with Gasteiger partial charge in [-0.15, -0.1) is 0 Å². The fourth-order valence-corrected chi connectivity index (χ4v) is 1.02. The van der Waals surface area contributed by atoms with Crippen LogP contribution in [-0.4, -0.2) is 10.4 Å². The summed E-state index contributed by atoms with van der Waals surface area (Å²) in [6.07, 6.45) is 1.88. The van der Waals surface area contributed by atoms with E-state index < -0.39 is 0 Å². The number of nitrogens with two attached hydrogens (primary N) is 1. The van der Waals surface area contributed by atoms with Crippen molar-refractivity contribution >= 4 is 11.7 Å². The summed E-state index contributed by atoms with van der Waals surface area (Å²) < 4.78 is 1.69. The van der Waals surface area contributed by atoms with Crippen molar-refractivity contribution in [2.75, 3.05) is 5.73 Å². The fraction of sp³-hybridized carbons (Fsp3) is 0.375. The van der Waals surface area contributed by atoms with E-state index >= 15 is 0 Å². The van der Waals surface area contributed by atoms with E-state index in [2.05, 4.69) is 0 Å². The minimum Gasteiger partial charge on any atom is -0.385 e. The Balaban J connectivity index is 3.29. The average molecular weight is 151 g/mol. The van der Waals surface area contributed by atoms with Crippen LogP contribution in [-0.2, 0) is 0 Å². The van der Waals surface area contributed by atoms with Crippen molar-refractivity contribution in [3.63, 3.8) is 0 Å². The lowest BCUT2D eigenvalue weighted by Gasteiger charge is -2.01.